The van der Waals surface area contributed by atoms with E-state index >= 15 is 0 Å². The average molecular weight is 584 g/mol. The molecule has 40 heavy (non-hydrogen) atoms. The third kappa shape index (κ3) is 13.0. The number of ether oxygens (including phenoxy) is 2. The average Bonchev–Trinajstić information content (AvgIpc) is 2.95. The number of fused-ring (bicyclic) bond motifs is 1. The van der Waals surface area contributed by atoms with Crippen LogP contribution in [0.15, 0.2) is 35.3 Å². The molecule has 1 heterocycles. The van der Waals surface area contributed by atoms with Gasteiger partial charge in [-0.2, -0.15) is 17.7 Å². The molecule has 2 unspecified atom stereocenters. The Hall–Kier alpha value is -2.10. The quantitative estimate of drug-likeness (QED) is 0.241. The fourth-order valence-corrected chi connectivity index (χ4v) is 4.57. The molecule has 4 rings (SSSR count). The van der Waals surface area contributed by atoms with E-state index in [4.69, 9.17) is 31.0 Å². The van der Waals surface area contributed by atoms with Gasteiger partial charge in [0.2, 0.25) is 0 Å². The van der Waals surface area contributed by atoms with Crippen molar-refractivity contribution in [2.24, 2.45) is 10.9 Å². The number of nitrogens with zero attached hydrogens (tertiary/aromatic N) is 2. The Morgan fingerprint density at radius 2 is 1.77 bits per heavy atom. The van der Waals surface area contributed by atoms with E-state index in [0.717, 1.165) is 35.7 Å². The maximum absolute atomic E-state index is 10.4. The number of aliphatic hydroxyl groups excluding tert-OH is 1. The molecule has 1 fully saturated rings. The Balaban J connectivity index is 0.000000838. The Labute approximate surface area is 266 Å². The second kappa shape index (κ2) is 21.6. The van der Waals surface area contributed by atoms with E-state index in [-0.39, 0.29) is 36.0 Å². The number of carbonyl (C=O) groups is 2. The number of carbonyl (C=O) groups excluding carboxylic acids is 1. The molecule has 2 aromatic carbocycles. The molecule has 1 aliphatic carbocycles. The summed E-state index contributed by atoms with van der Waals surface area (Å²) in [7, 11) is 4.95. The molecule has 10 heteroatoms. The molecule has 0 saturated heterocycles. The minimum absolute atomic E-state index is 0. The Morgan fingerprint density at radius 1 is 1.15 bits per heavy atom. The van der Waals surface area contributed by atoms with Crippen molar-refractivity contribution in [2.45, 2.75) is 70.9 Å². The maximum atomic E-state index is 10.4. The van der Waals surface area contributed by atoms with Crippen molar-refractivity contribution >= 4 is 42.1 Å². The third-order valence-electron chi connectivity index (χ3n) is 6.68. The van der Waals surface area contributed by atoms with Gasteiger partial charge in [0, 0.05) is 29.8 Å². The Bertz CT molecular complexity index is 1030. The Kier molecular flexibility index (Phi) is 20.5. The second-order valence-electron chi connectivity index (χ2n) is 9.40. The van der Waals surface area contributed by atoms with Crippen LogP contribution >= 0.6 is 11.6 Å². The molecule has 2 N–H and O–H groups in total. The number of aliphatic hydroxyl groups is 1. The predicted octanol–water partition coefficient (Wildman–Crippen LogP) is 3.31. The van der Waals surface area contributed by atoms with Gasteiger partial charge < -0.3 is 29.6 Å². The van der Waals surface area contributed by atoms with Crippen LogP contribution in [-0.2, 0) is 20.7 Å². The van der Waals surface area contributed by atoms with Crippen molar-refractivity contribution in [3.63, 3.8) is 0 Å². The van der Waals surface area contributed by atoms with Crippen LogP contribution < -0.4 is 39.2 Å². The number of hydrogen-bond donors (Lipinski definition) is 2. The molecular weight excluding hydrogens is 543 g/mol. The zero-order valence-corrected chi connectivity index (χ0v) is 27.3. The van der Waals surface area contributed by atoms with Gasteiger partial charge in [0.15, 0.2) is 0 Å². The van der Waals surface area contributed by atoms with Crippen molar-refractivity contribution in [3.05, 3.63) is 52.5 Å². The zero-order chi connectivity index (χ0) is 29.2. The minimum atomic E-state index is -1.03. The van der Waals surface area contributed by atoms with Crippen LogP contribution in [0.5, 0.6) is 5.75 Å². The third-order valence-corrected chi connectivity index (χ3v) is 6.92. The zero-order valence-electron chi connectivity index (χ0n) is 24.5. The van der Waals surface area contributed by atoms with Gasteiger partial charge in [-0.05, 0) is 37.5 Å². The topological polar surface area (TPSA) is 109 Å². The van der Waals surface area contributed by atoms with Crippen LogP contribution in [0.3, 0.4) is 0 Å². The summed E-state index contributed by atoms with van der Waals surface area (Å²) >= 11 is 6.02. The number of aliphatic imine (C=N–C) groups is 1. The van der Waals surface area contributed by atoms with Gasteiger partial charge in [-0.25, -0.2) is 5.69 Å². The molecule has 0 amide bonds. The fraction of sp³-hybridized carbons (Fsp3) is 0.500. The van der Waals surface area contributed by atoms with Gasteiger partial charge in [0.25, 0.3) is 12.9 Å². The first-order valence-electron chi connectivity index (χ1n) is 13.0. The summed E-state index contributed by atoms with van der Waals surface area (Å²) in [6.45, 7) is 4.70. The van der Waals surface area contributed by atoms with Gasteiger partial charge in [0.1, 0.15) is 5.75 Å². The van der Waals surface area contributed by atoms with E-state index in [0.29, 0.717) is 28.8 Å². The molecule has 0 spiro atoms. The summed E-state index contributed by atoms with van der Waals surface area (Å²) in [6.07, 6.45) is 11.2. The Morgan fingerprint density at radius 3 is 2.30 bits per heavy atom. The van der Waals surface area contributed by atoms with Gasteiger partial charge in [0.05, 0.1) is 14.2 Å². The van der Waals surface area contributed by atoms with Gasteiger partial charge in [-0.3, -0.25) is 15.7 Å². The largest absolute Gasteiger partial charge is 1.00 e. The van der Waals surface area contributed by atoms with Crippen LogP contribution in [0.2, 0.25) is 5.02 Å². The monoisotopic (exact) mass is 583 g/mol. The summed E-state index contributed by atoms with van der Waals surface area (Å²) in [6, 6.07) is 12.7. The molecule has 1 aliphatic heterocycles. The van der Waals surface area contributed by atoms with Crippen molar-refractivity contribution in [2.75, 3.05) is 26.2 Å². The number of benzene rings is 2. The molecule has 0 bridgehead atoms. The summed E-state index contributed by atoms with van der Waals surface area (Å²) < 4.78 is 9.14. The summed E-state index contributed by atoms with van der Waals surface area (Å²) in [5.41, 5.74) is 3.55. The molecule has 216 valence electrons. The van der Waals surface area contributed by atoms with E-state index in [2.05, 4.69) is 53.9 Å². The summed E-state index contributed by atoms with van der Waals surface area (Å²) in [5, 5.41) is 17.9. The van der Waals surface area contributed by atoms with E-state index in [1.54, 1.807) is 25.3 Å². The van der Waals surface area contributed by atoms with E-state index in [1.165, 1.54) is 39.2 Å². The molecule has 1 saturated carbocycles. The maximum Gasteiger partial charge on any atom is 1.00 e. The molecular formula is C30H41ClN2NaO6-. The number of hydrogen-bond acceptors (Lipinski definition) is 7. The van der Waals surface area contributed by atoms with Gasteiger partial charge in [-0.15, -0.1) is 6.21 Å². The molecule has 2 aliphatic rings. The standard InChI is InChI=1S/C20H21ClN2O2.C7H14.C2H4O2.CH2O2.Na/c1-13-7-9-15-17(5-4-6-18(15)23(13)2)22-12-19(24)16-11-14(21)8-10-20(16)25-3;1-7-5-3-2-4-6-7;1-4-2-3;2-1-3;/h4,6,8,10-11,13,19,24H,7,9H2,1-3H3;7H,2-6H2,1H3;2H,1H3;1H,(H,2,3);/q-2;;;;+1. The normalized spacial score (nSPS) is 16.7. The first kappa shape index (κ1) is 37.9. The fourth-order valence-electron chi connectivity index (χ4n) is 4.39. The first-order chi connectivity index (χ1) is 18.7. The first-order valence-corrected chi connectivity index (χ1v) is 13.4. The van der Waals surface area contributed by atoms with Crippen LogP contribution in [0.25, 0.3) is 0 Å². The van der Waals surface area contributed by atoms with Crippen LogP contribution in [-0.4, -0.2) is 56.7 Å². The summed E-state index contributed by atoms with van der Waals surface area (Å²) in [4.78, 5) is 23.9. The molecule has 0 radical (unpaired) electrons. The van der Waals surface area contributed by atoms with E-state index in [9.17, 15) is 5.11 Å². The number of methoxy groups -OCH3 is 2. The van der Waals surface area contributed by atoms with Gasteiger partial charge in [-0.1, -0.05) is 62.7 Å². The number of carboxylic acid groups (broad SMARTS) is 1. The minimum Gasteiger partial charge on any atom is -0.496 e. The SMILES string of the molecule is CC1CCCCC1.COC=O.COc1ccc(Cl)cc1C(O)[C-]=Nc1[c-]ccc2c1CCC(C)N2C.O=CO.[Na+]. The number of rotatable bonds is 5. The smallest absolute Gasteiger partial charge is 0.496 e. The summed E-state index contributed by atoms with van der Waals surface area (Å²) in [5.74, 6) is 1.58. The van der Waals surface area contributed by atoms with Crippen molar-refractivity contribution in [3.8, 4) is 5.75 Å². The molecule has 2 atom stereocenters. The van der Waals surface area contributed by atoms with E-state index < -0.39 is 6.10 Å². The molecule has 0 aromatic heterocycles. The second-order valence-corrected chi connectivity index (χ2v) is 9.84. The number of anilines is 1. The van der Waals surface area contributed by atoms with Gasteiger partial charge >= 0.3 is 29.6 Å². The van der Waals surface area contributed by atoms with Crippen molar-refractivity contribution in [1.82, 2.24) is 0 Å². The van der Waals surface area contributed by atoms with Crippen molar-refractivity contribution < 1.29 is 58.8 Å². The van der Waals surface area contributed by atoms with Crippen LogP contribution in [0.4, 0.5) is 11.4 Å². The molecule has 8 nitrogen and oxygen atoms in total. The number of halogens is 1. The van der Waals surface area contributed by atoms with Crippen LogP contribution in [0.1, 0.15) is 69.6 Å². The van der Waals surface area contributed by atoms with E-state index in [1.807, 2.05) is 6.07 Å². The predicted molar refractivity (Wildman–Crippen MR) is 156 cm³/mol. The van der Waals surface area contributed by atoms with Crippen molar-refractivity contribution in [1.29, 1.82) is 0 Å². The molecule has 2 aromatic rings. The van der Waals surface area contributed by atoms with Crippen LogP contribution in [0, 0.1) is 12.0 Å².